The summed E-state index contributed by atoms with van der Waals surface area (Å²) in [6, 6.07) is 13.6. The van der Waals surface area contributed by atoms with Gasteiger partial charge in [0.25, 0.3) is 0 Å². The molecule has 162 valence electrons. The van der Waals surface area contributed by atoms with Crippen LogP contribution in [0.25, 0.3) is 11.1 Å². The summed E-state index contributed by atoms with van der Waals surface area (Å²) in [6.45, 7) is 1.78. The molecule has 1 amide bonds. The van der Waals surface area contributed by atoms with Crippen molar-refractivity contribution < 1.29 is 13.2 Å². The van der Waals surface area contributed by atoms with Crippen molar-refractivity contribution in [1.29, 1.82) is 5.41 Å². The number of nitrogens with one attached hydrogen (secondary N) is 2. The standard InChI is InChI=1S/C21H22N4O3S3/c1-12-8-14(25-19(26)11-22)6-7-16(12)13-4-3-5-15(9-13)31(27,28)18-10-17(20(23)24)30-21(18)29-2/h3-10H,11,22H2,1-2H3,(H3,23,24)(H,25,26). The molecular weight excluding hydrogens is 452 g/mol. The van der Waals surface area contributed by atoms with E-state index in [4.69, 9.17) is 16.9 Å². The molecule has 1 aromatic heterocycles. The number of sulfone groups is 1. The number of anilines is 1. The van der Waals surface area contributed by atoms with E-state index in [0.717, 1.165) is 16.7 Å². The van der Waals surface area contributed by atoms with Crippen molar-refractivity contribution >= 4 is 50.4 Å². The quantitative estimate of drug-likeness (QED) is 0.235. The van der Waals surface area contributed by atoms with Crippen LogP contribution < -0.4 is 16.8 Å². The molecule has 7 nitrogen and oxygen atoms in total. The lowest BCUT2D eigenvalue weighted by molar-refractivity contribution is -0.114. The molecule has 2 aromatic carbocycles. The van der Waals surface area contributed by atoms with Crippen LogP contribution in [0.5, 0.6) is 0 Å². The first-order valence-electron chi connectivity index (χ1n) is 9.15. The Labute approximate surface area is 189 Å². The number of carbonyl (C=O) groups excluding carboxylic acids is 1. The zero-order chi connectivity index (χ0) is 22.8. The smallest absolute Gasteiger partial charge is 0.238 e. The number of thioether (sulfide) groups is 1. The van der Waals surface area contributed by atoms with Crippen molar-refractivity contribution in [3.05, 3.63) is 59.0 Å². The maximum absolute atomic E-state index is 13.3. The maximum atomic E-state index is 13.3. The number of carbonyl (C=O) groups is 1. The van der Waals surface area contributed by atoms with E-state index >= 15 is 0 Å². The van der Waals surface area contributed by atoms with Gasteiger partial charge in [-0.15, -0.1) is 23.1 Å². The van der Waals surface area contributed by atoms with Gasteiger partial charge < -0.3 is 16.8 Å². The number of aryl methyl sites for hydroxylation is 1. The highest BCUT2D eigenvalue weighted by Gasteiger charge is 2.25. The zero-order valence-electron chi connectivity index (χ0n) is 16.9. The summed E-state index contributed by atoms with van der Waals surface area (Å²) in [7, 11) is -3.80. The number of nitrogens with two attached hydrogens (primary N) is 2. The summed E-state index contributed by atoms with van der Waals surface area (Å²) in [4.78, 5) is 12.2. The van der Waals surface area contributed by atoms with Gasteiger partial charge in [-0.2, -0.15) is 0 Å². The number of amides is 1. The van der Waals surface area contributed by atoms with Crippen LogP contribution in [0.4, 0.5) is 5.69 Å². The Morgan fingerprint density at radius 3 is 2.55 bits per heavy atom. The summed E-state index contributed by atoms with van der Waals surface area (Å²) >= 11 is 2.50. The first-order valence-corrected chi connectivity index (χ1v) is 12.7. The van der Waals surface area contributed by atoms with Crippen LogP contribution in [0, 0.1) is 12.3 Å². The number of nitrogen functional groups attached to an aromatic ring is 1. The number of thiophene rings is 1. The number of hydrogen-bond acceptors (Lipinski definition) is 7. The van der Waals surface area contributed by atoms with Crippen molar-refractivity contribution in [2.24, 2.45) is 11.5 Å². The molecule has 0 aliphatic carbocycles. The molecule has 0 aliphatic heterocycles. The molecule has 0 aliphatic rings. The first kappa shape index (κ1) is 23.0. The van der Waals surface area contributed by atoms with E-state index in [9.17, 15) is 13.2 Å². The van der Waals surface area contributed by atoms with Gasteiger partial charge in [0.15, 0.2) is 0 Å². The third-order valence-corrected chi connectivity index (χ3v) is 8.89. The molecule has 3 rings (SSSR count). The number of hydrogen-bond donors (Lipinski definition) is 4. The minimum Gasteiger partial charge on any atom is -0.383 e. The molecule has 3 aromatic rings. The summed E-state index contributed by atoms with van der Waals surface area (Å²) in [5, 5.41) is 10.3. The van der Waals surface area contributed by atoms with Crippen LogP contribution in [0.15, 0.2) is 62.5 Å². The monoisotopic (exact) mass is 474 g/mol. The summed E-state index contributed by atoms with van der Waals surface area (Å²) in [6.07, 6.45) is 1.79. The van der Waals surface area contributed by atoms with Crippen molar-refractivity contribution in [2.75, 3.05) is 18.1 Å². The second-order valence-corrected chi connectivity index (χ2v) is 10.7. The second-order valence-electron chi connectivity index (χ2n) is 6.69. The van der Waals surface area contributed by atoms with Crippen LogP contribution in [-0.4, -0.2) is 33.0 Å². The minimum absolute atomic E-state index is 0.105. The first-order chi connectivity index (χ1) is 14.7. The van der Waals surface area contributed by atoms with Crippen LogP contribution in [0.2, 0.25) is 0 Å². The fourth-order valence-corrected chi connectivity index (χ4v) is 6.96. The molecule has 31 heavy (non-hydrogen) atoms. The number of benzene rings is 2. The van der Waals surface area contributed by atoms with Gasteiger partial charge in [0.1, 0.15) is 5.84 Å². The highest BCUT2D eigenvalue weighted by atomic mass is 32.2. The average molecular weight is 475 g/mol. The fraction of sp³-hybridized carbons (Fsp3) is 0.143. The van der Waals surface area contributed by atoms with Crippen LogP contribution >= 0.6 is 23.1 Å². The van der Waals surface area contributed by atoms with Gasteiger partial charge >= 0.3 is 0 Å². The topological polar surface area (TPSA) is 139 Å². The SMILES string of the molecule is CSc1sc(C(=N)N)cc1S(=O)(=O)c1cccc(-c2ccc(NC(=O)CN)cc2C)c1. The highest BCUT2D eigenvalue weighted by molar-refractivity contribution is 8.01. The molecule has 0 unspecified atom stereocenters. The molecule has 0 spiro atoms. The van der Waals surface area contributed by atoms with Crippen LogP contribution in [0.3, 0.4) is 0 Å². The normalized spacial score (nSPS) is 11.3. The largest absolute Gasteiger partial charge is 0.383 e. The van der Waals surface area contributed by atoms with Gasteiger partial charge in [-0.3, -0.25) is 10.2 Å². The number of rotatable bonds is 7. The van der Waals surface area contributed by atoms with Gasteiger partial charge in [0, 0.05) is 5.69 Å². The molecule has 0 radical (unpaired) electrons. The van der Waals surface area contributed by atoms with Crippen LogP contribution in [-0.2, 0) is 14.6 Å². The molecule has 6 N–H and O–H groups in total. The molecule has 0 saturated heterocycles. The Balaban J connectivity index is 2.02. The van der Waals surface area contributed by atoms with E-state index in [1.165, 1.54) is 29.2 Å². The van der Waals surface area contributed by atoms with Gasteiger partial charge in [0.2, 0.25) is 15.7 Å². The molecule has 1 heterocycles. The van der Waals surface area contributed by atoms with E-state index < -0.39 is 9.84 Å². The molecule has 0 fully saturated rings. The fourth-order valence-electron chi connectivity index (χ4n) is 3.05. The Morgan fingerprint density at radius 1 is 1.19 bits per heavy atom. The molecule has 10 heteroatoms. The Bertz CT molecular complexity index is 1270. The maximum Gasteiger partial charge on any atom is 0.238 e. The Kier molecular flexibility index (Phi) is 6.85. The van der Waals surface area contributed by atoms with Crippen molar-refractivity contribution in [3.8, 4) is 11.1 Å². The molecular formula is C21H22N4O3S3. The molecule has 0 bridgehead atoms. The predicted octanol–water partition coefficient (Wildman–Crippen LogP) is 3.46. The highest BCUT2D eigenvalue weighted by Crippen LogP contribution is 2.38. The van der Waals surface area contributed by atoms with Crippen molar-refractivity contribution in [1.82, 2.24) is 0 Å². The summed E-state index contributed by atoms with van der Waals surface area (Å²) < 4.78 is 27.3. The van der Waals surface area contributed by atoms with E-state index in [1.54, 1.807) is 30.5 Å². The van der Waals surface area contributed by atoms with E-state index in [1.807, 2.05) is 25.1 Å². The van der Waals surface area contributed by atoms with Gasteiger partial charge in [0.05, 0.1) is 25.4 Å². The third-order valence-electron chi connectivity index (χ3n) is 4.56. The van der Waals surface area contributed by atoms with E-state index in [-0.39, 0.29) is 28.1 Å². The summed E-state index contributed by atoms with van der Waals surface area (Å²) in [5.74, 6) is -0.446. The Hall–Kier alpha value is -2.66. The average Bonchev–Trinajstić information content (AvgIpc) is 3.19. The lowest BCUT2D eigenvalue weighted by Gasteiger charge is -2.11. The lowest BCUT2D eigenvalue weighted by Crippen LogP contribution is -2.21. The van der Waals surface area contributed by atoms with Gasteiger partial charge in [-0.05, 0) is 60.2 Å². The second kappa shape index (κ2) is 9.23. The molecule has 0 atom stereocenters. The molecule has 0 saturated carbocycles. The number of amidine groups is 1. The Morgan fingerprint density at radius 2 is 1.94 bits per heavy atom. The summed E-state index contributed by atoms with van der Waals surface area (Å²) in [5.41, 5.74) is 14.0. The predicted molar refractivity (Wildman–Crippen MR) is 127 cm³/mol. The zero-order valence-corrected chi connectivity index (χ0v) is 19.4. The van der Waals surface area contributed by atoms with E-state index in [0.29, 0.717) is 14.8 Å². The minimum atomic E-state index is -3.80. The van der Waals surface area contributed by atoms with Gasteiger partial charge in [-0.25, -0.2) is 8.42 Å². The van der Waals surface area contributed by atoms with Crippen molar-refractivity contribution in [2.45, 2.75) is 20.9 Å². The van der Waals surface area contributed by atoms with Crippen molar-refractivity contribution in [3.63, 3.8) is 0 Å². The lowest BCUT2D eigenvalue weighted by atomic mass is 10.00. The van der Waals surface area contributed by atoms with Crippen LogP contribution in [0.1, 0.15) is 10.4 Å². The third kappa shape index (κ3) is 4.82. The van der Waals surface area contributed by atoms with Gasteiger partial charge in [-0.1, -0.05) is 18.2 Å². The van der Waals surface area contributed by atoms with E-state index in [2.05, 4.69) is 5.32 Å².